The first-order chi connectivity index (χ1) is 10.1. The van der Waals surface area contributed by atoms with Crippen molar-refractivity contribution in [2.45, 2.75) is 32.7 Å². The van der Waals surface area contributed by atoms with E-state index in [0.717, 1.165) is 19.5 Å². The SMILES string of the molecule is CCCCc1ccc(CN2CCN(CC(=O)O)C(=O)C2)s1. The minimum absolute atomic E-state index is 0.0913. The van der Waals surface area contributed by atoms with E-state index in [1.54, 1.807) is 0 Å². The van der Waals surface area contributed by atoms with Gasteiger partial charge in [-0.1, -0.05) is 13.3 Å². The van der Waals surface area contributed by atoms with E-state index in [1.807, 2.05) is 11.3 Å². The lowest BCUT2D eigenvalue weighted by atomic mass is 10.2. The van der Waals surface area contributed by atoms with Gasteiger partial charge in [0, 0.05) is 29.4 Å². The van der Waals surface area contributed by atoms with Gasteiger partial charge in [0.1, 0.15) is 6.54 Å². The lowest BCUT2D eigenvalue weighted by Gasteiger charge is -2.33. The average molecular weight is 310 g/mol. The van der Waals surface area contributed by atoms with Crippen LogP contribution >= 0.6 is 11.3 Å². The first-order valence-corrected chi connectivity index (χ1v) is 8.19. The van der Waals surface area contributed by atoms with Gasteiger partial charge in [-0.25, -0.2) is 0 Å². The summed E-state index contributed by atoms with van der Waals surface area (Å²) in [6, 6.07) is 4.32. The molecule has 1 aliphatic heterocycles. The van der Waals surface area contributed by atoms with Crippen molar-refractivity contribution in [1.29, 1.82) is 0 Å². The zero-order valence-electron chi connectivity index (χ0n) is 12.4. The van der Waals surface area contributed by atoms with E-state index in [2.05, 4.69) is 24.0 Å². The van der Waals surface area contributed by atoms with Crippen LogP contribution in [0.5, 0.6) is 0 Å². The van der Waals surface area contributed by atoms with Crippen LogP contribution in [0.2, 0.25) is 0 Å². The standard InChI is InChI=1S/C15H22N2O3S/c1-2-3-4-12-5-6-13(21-12)9-16-7-8-17(11-15(19)20)14(18)10-16/h5-6H,2-4,7-11H2,1H3,(H,19,20). The van der Waals surface area contributed by atoms with Crippen molar-refractivity contribution in [3.63, 3.8) is 0 Å². The van der Waals surface area contributed by atoms with Gasteiger partial charge in [0.05, 0.1) is 6.54 Å². The largest absolute Gasteiger partial charge is 0.480 e. The molecule has 0 atom stereocenters. The second kappa shape index (κ2) is 7.56. The van der Waals surface area contributed by atoms with Crippen molar-refractivity contribution >= 4 is 23.2 Å². The quantitative estimate of drug-likeness (QED) is 0.834. The van der Waals surface area contributed by atoms with Crippen molar-refractivity contribution in [2.24, 2.45) is 0 Å². The summed E-state index contributed by atoms with van der Waals surface area (Å²) in [5, 5.41) is 8.75. The second-order valence-electron chi connectivity index (χ2n) is 5.39. The highest BCUT2D eigenvalue weighted by molar-refractivity contribution is 7.11. The van der Waals surface area contributed by atoms with Crippen LogP contribution in [0.25, 0.3) is 0 Å². The molecule has 21 heavy (non-hydrogen) atoms. The maximum absolute atomic E-state index is 11.9. The number of aliphatic carboxylic acids is 1. The third-order valence-electron chi connectivity index (χ3n) is 3.60. The topological polar surface area (TPSA) is 60.9 Å². The molecule has 0 aliphatic carbocycles. The molecule has 0 aromatic carbocycles. The first-order valence-electron chi connectivity index (χ1n) is 7.38. The van der Waals surface area contributed by atoms with Crippen LogP contribution in [0.3, 0.4) is 0 Å². The van der Waals surface area contributed by atoms with Gasteiger partial charge in [0.15, 0.2) is 0 Å². The minimum atomic E-state index is -0.948. The molecule has 1 aromatic rings. The maximum Gasteiger partial charge on any atom is 0.323 e. The van der Waals surface area contributed by atoms with Gasteiger partial charge in [-0.3, -0.25) is 14.5 Å². The number of rotatable bonds is 7. The smallest absolute Gasteiger partial charge is 0.323 e. The van der Waals surface area contributed by atoms with Gasteiger partial charge in [0.25, 0.3) is 0 Å². The summed E-state index contributed by atoms with van der Waals surface area (Å²) >= 11 is 1.82. The molecule has 0 spiro atoms. The third kappa shape index (κ3) is 4.82. The molecular formula is C15H22N2O3S. The highest BCUT2D eigenvalue weighted by Crippen LogP contribution is 2.21. The number of aryl methyl sites for hydroxylation is 1. The van der Waals surface area contributed by atoms with E-state index < -0.39 is 5.97 Å². The number of thiophene rings is 1. The molecule has 116 valence electrons. The van der Waals surface area contributed by atoms with Gasteiger partial charge in [-0.15, -0.1) is 11.3 Å². The summed E-state index contributed by atoms with van der Waals surface area (Å²) < 4.78 is 0. The predicted octanol–water partition coefficient (Wildman–Crippen LogP) is 1.82. The molecule has 1 aromatic heterocycles. The van der Waals surface area contributed by atoms with Crippen LogP contribution in [0.1, 0.15) is 29.5 Å². The number of hydrogen-bond donors (Lipinski definition) is 1. The zero-order valence-corrected chi connectivity index (χ0v) is 13.2. The Bertz CT molecular complexity index is 501. The van der Waals surface area contributed by atoms with Crippen LogP contribution < -0.4 is 0 Å². The maximum atomic E-state index is 11.9. The van der Waals surface area contributed by atoms with Crippen molar-refractivity contribution in [1.82, 2.24) is 9.80 Å². The van der Waals surface area contributed by atoms with E-state index in [9.17, 15) is 9.59 Å². The van der Waals surface area contributed by atoms with E-state index in [-0.39, 0.29) is 12.5 Å². The Hall–Kier alpha value is -1.40. The molecule has 1 N–H and O–H groups in total. The molecule has 0 unspecified atom stereocenters. The molecule has 1 aliphatic rings. The van der Waals surface area contributed by atoms with Gasteiger partial charge in [-0.05, 0) is 25.0 Å². The highest BCUT2D eigenvalue weighted by Gasteiger charge is 2.25. The van der Waals surface area contributed by atoms with E-state index >= 15 is 0 Å². The van der Waals surface area contributed by atoms with Gasteiger partial charge in [0.2, 0.25) is 5.91 Å². The number of carboxylic acids is 1. The Kier molecular flexibility index (Phi) is 5.76. The molecule has 2 rings (SSSR count). The summed E-state index contributed by atoms with van der Waals surface area (Å²) in [7, 11) is 0. The van der Waals surface area contributed by atoms with Crippen LogP contribution in [0.15, 0.2) is 12.1 Å². The van der Waals surface area contributed by atoms with E-state index in [4.69, 9.17) is 5.11 Å². The molecular weight excluding hydrogens is 288 g/mol. The molecule has 6 heteroatoms. The number of unbranched alkanes of at least 4 members (excludes halogenated alkanes) is 1. The van der Waals surface area contributed by atoms with Crippen molar-refractivity contribution in [3.05, 3.63) is 21.9 Å². The summed E-state index contributed by atoms with van der Waals surface area (Å²) in [5.74, 6) is -1.04. The van der Waals surface area contributed by atoms with Crippen molar-refractivity contribution in [3.8, 4) is 0 Å². The third-order valence-corrected chi connectivity index (χ3v) is 4.73. The van der Waals surface area contributed by atoms with Crippen LogP contribution in [0.4, 0.5) is 0 Å². The van der Waals surface area contributed by atoms with Crippen LogP contribution in [-0.4, -0.2) is 53.0 Å². The summed E-state index contributed by atoms with van der Waals surface area (Å²) in [4.78, 5) is 28.8. The van der Waals surface area contributed by atoms with Crippen LogP contribution in [0, 0.1) is 0 Å². The van der Waals surface area contributed by atoms with Gasteiger partial charge < -0.3 is 10.0 Å². The predicted molar refractivity (Wildman–Crippen MR) is 82.4 cm³/mol. The van der Waals surface area contributed by atoms with E-state index in [0.29, 0.717) is 13.1 Å². The molecule has 1 amide bonds. The number of amides is 1. The summed E-state index contributed by atoms with van der Waals surface area (Å²) in [6.45, 7) is 4.34. The van der Waals surface area contributed by atoms with E-state index in [1.165, 1.54) is 27.5 Å². The van der Waals surface area contributed by atoms with Gasteiger partial charge >= 0.3 is 5.97 Å². The Labute approximate surface area is 129 Å². The fourth-order valence-corrected chi connectivity index (χ4v) is 3.54. The normalized spacial score (nSPS) is 16.4. The minimum Gasteiger partial charge on any atom is -0.480 e. The van der Waals surface area contributed by atoms with Gasteiger partial charge in [-0.2, -0.15) is 0 Å². The molecule has 0 radical (unpaired) electrons. The number of piperazine rings is 1. The fraction of sp³-hybridized carbons (Fsp3) is 0.600. The fourth-order valence-electron chi connectivity index (χ4n) is 2.44. The Morgan fingerprint density at radius 3 is 2.76 bits per heavy atom. The molecule has 2 heterocycles. The molecule has 0 saturated carbocycles. The molecule has 0 bridgehead atoms. The van der Waals surface area contributed by atoms with Crippen molar-refractivity contribution in [2.75, 3.05) is 26.2 Å². The lowest BCUT2D eigenvalue weighted by molar-refractivity contribution is -0.147. The Morgan fingerprint density at radius 2 is 2.10 bits per heavy atom. The molecule has 5 nitrogen and oxygen atoms in total. The second-order valence-corrected chi connectivity index (χ2v) is 6.64. The lowest BCUT2D eigenvalue weighted by Crippen LogP contribution is -2.51. The van der Waals surface area contributed by atoms with Crippen LogP contribution in [-0.2, 0) is 22.6 Å². The van der Waals surface area contributed by atoms with Crippen molar-refractivity contribution < 1.29 is 14.7 Å². The Morgan fingerprint density at radius 1 is 1.33 bits per heavy atom. The summed E-state index contributed by atoms with van der Waals surface area (Å²) in [5.41, 5.74) is 0. The number of carbonyl (C=O) groups is 2. The first kappa shape index (κ1) is 16.0. The average Bonchev–Trinajstić information content (AvgIpc) is 2.87. The number of carbonyl (C=O) groups excluding carboxylic acids is 1. The number of carboxylic acid groups (broad SMARTS) is 1. The number of hydrogen-bond acceptors (Lipinski definition) is 4. The Balaban J connectivity index is 1.83. The molecule has 1 saturated heterocycles. The zero-order chi connectivity index (χ0) is 15.2. The monoisotopic (exact) mass is 310 g/mol. The highest BCUT2D eigenvalue weighted by atomic mass is 32.1. The number of nitrogens with zero attached hydrogens (tertiary/aromatic N) is 2. The summed E-state index contributed by atoms with van der Waals surface area (Å²) in [6.07, 6.45) is 3.55. The molecule has 1 fully saturated rings.